The number of thiazole rings is 1. The Bertz CT molecular complexity index is 538. The molecule has 2 rings (SSSR count). The van der Waals surface area contributed by atoms with E-state index in [-0.39, 0.29) is 11.8 Å². The molecule has 84 valence electrons. The maximum atomic E-state index is 11.0. The number of pyridine rings is 1. The van der Waals surface area contributed by atoms with Crippen LogP contribution in [0.2, 0.25) is 0 Å². The van der Waals surface area contributed by atoms with E-state index in [4.69, 9.17) is 10.5 Å². The summed E-state index contributed by atoms with van der Waals surface area (Å²) in [5.74, 6) is -0.231. The van der Waals surface area contributed by atoms with Gasteiger partial charge in [-0.15, -0.1) is 0 Å². The first kappa shape index (κ1) is 10.8. The van der Waals surface area contributed by atoms with E-state index in [0.29, 0.717) is 10.9 Å². The highest BCUT2D eigenvalue weighted by Gasteiger charge is 2.17. The van der Waals surface area contributed by atoms with Gasteiger partial charge in [0.1, 0.15) is 15.4 Å². The van der Waals surface area contributed by atoms with Crippen molar-refractivity contribution in [3.05, 3.63) is 17.1 Å². The fourth-order valence-electron chi connectivity index (χ4n) is 1.24. The van der Waals surface area contributed by atoms with Gasteiger partial charge in [-0.1, -0.05) is 11.3 Å². The van der Waals surface area contributed by atoms with Crippen LogP contribution in [-0.4, -0.2) is 23.0 Å². The lowest BCUT2D eigenvalue weighted by atomic mass is 10.2. The Labute approximate surface area is 96.3 Å². The molecule has 1 amide bonds. The van der Waals surface area contributed by atoms with Crippen molar-refractivity contribution in [2.45, 2.75) is 12.8 Å². The van der Waals surface area contributed by atoms with Crippen LogP contribution in [0.15, 0.2) is 12.1 Å². The molecule has 0 fully saturated rings. The van der Waals surface area contributed by atoms with Crippen molar-refractivity contribution in [1.29, 1.82) is 0 Å². The van der Waals surface area contributed by atoms with Gasteiger partial charge in [-0.05, 0) is 13.0 Å². The number of ether oxygens (including phenoxy) is 1. The molecule has 6 heteroatoms. The lowest BCUT2D eigenvalue weighted by Gasteiger charge is -1.99. The third kappa shape index (κ3) is 1.83. The molecular weight excluding hydrogens is 226 g/mol. The van der Waals surface area contributed by atoms with Crippen molar-refractivity contribution in [2.75, 3.05) is 7.11 Å². The first-order chi connectivity index (χ1) is 7.61. The topological polar surface area (TPSA) is 78.1 Å². The molecule has 2 aromatic heterocycles. The Morgan fingerprint density at radius 2 is 2.25 bits per heavy atom. The Hall–Kier alpha value is -1.69. The number of carbonyl (C=O) groups excluding carboxylic acids is 1. The van der Waals surface area contributed by atoms with Crippen molar-refractivity contribution in [2.24, 2.45) is 5.73 Å². The van der Waals surface area contributed by atoms with Gasteiger partial charge in [0.05, 0.1) is 13.0 Å². The molecule has 2 N–H and O–H groups in total. The summed E-state index contributed by atoms with van der Waals surface area (Å²) in [6.45, 7) is 1.73. The highest BCUT2D eigenvalue weighted by molar-refractivity contribution is 7.18. The quantitative estimate of drug-likeness (QED) is 0.872. The fourth-order valence-corrected chi connectivity index (χ4v) is 2.23. The molecule has 5 nitrogen and oxygen atoms in total. The number of hydrogen-bond donors (Lipinski definition) is 1. The maximum Gasteiger partial charge on any atom is 0.227 e. The minimum atomic E-state index is -0.384. The lowest BCUT2D eigenvalue weighted by Crippen LogP contribution is -2.18. The van der Waals surface area contributed by atoms with E-state index in [1.165, 1.54) is 11.3 Å². The third-order valence-electron chi connectivity index (χ3n) is 2.25. The number of hydrogen-bond acceptors (Lipinski definition) is 5. The van der Waals surface area contributed by atoms with Crippen molar-refractivity contribution >= 4 is 27.6 Å². The summed E-state index contributed by atoms with van der Waals surface area (Å²) >= 11 is 1.36. The number of amides is 1. The van der Waals surface area contributed by atoms with Gasteiger partial charge < -0.3 is 10.5 Å². The van der Waals surface area contributed by atoms with Crippen molar-refractivity contribution in [3.63, 3.8) is 0 Å². The standard InChI is InChI=1S/C10H11N3O2S/c1-5(8(11)14)9-12-6-3-4-7(15-2)13-10(6)16-9/h3-5H,1-2H3,(H2,11,14). The molecule has 0 bridgehead atoms. The number of fused-ring (bicyclic) bond motifs is 1. The molecule has 1 unspecified atom stereocenters. The number of methoxy groups -OCH3 is 1. The van der Waals surface area contributed by atoms with Crippen molar-refractivity contribution < 1.29 is 9.53 Å². The predicted octanol–water partition coefficient (Wildman–Crippen LogP) is 1.29. The summed E-state index contributed by atoms with van der Waals surface area (Å²) in [5.41, 5.74) is 5.99. The minimum Gasteiger partial charge on any atom is -0.481 e. The number of carbonyl (C=O) groups is 1. The average Bonchev–Trinajstić information content (AvgIpc) is 2.69. The molecule has 0 aromatic carbocycles. The van der Waals surface area contributed by atoms with Crippen molar-refractivity contribution in [1.82, 2.24) is 9.97 Å². The highest BCUT2D eigenvalue weighted by Crippen LogP contribution is 2.27. The van der Waals surface area contributed by atoms with E-state index >= 15 is 0 Å². The molecule has 0 radical (unpaired) electrons. The summed E-state index contributed by atoms with van der Waals surface area (Å²) in [6, 6.07) is 3.55. The zero-order valence-corrected chi connectivity index (χ0v) is 9.75. The Balaban J connectivity index is 2.47. The van der Waals surface area contributed by atoms with E-state index in [1.807, 2.05) is 6.07 Å². The largest absolute Gasteiger partial charge is 0.481 e. The molecule has 16 heavy (non-hydrogen) atoms. The molecule has 0 aliphatic rings. The van der Waals surface area contributed by atoms with Crippen LogP contribution in [0, 0.1) is 0 Å². The smallest absolute Gasteiger partial charge is 0.227 e. The van der Waals surface area contributed by atoms with E-state index in [9.17, 15) is 4.79 Å². The van der Waals surface area contributed by atoms with Crippen LogP contribution in [0.4, 0.5) is 0 Å². The van der Waals surface area contributed by atoms with Gasteiger partial charge in [-0.25, -0.2) is 9.97 Å². The van der Waals surface area contributed by atoms with Crippen molar-refractivity contribution in [3.8, 4) is 5.88 Å². The van der Waals surface area contributed by atoms with Crippen LogP contribution < -0.4 is 10.5 Å². The predicted molar refractivity (Wildman–Crippen MR) is 61.6 cm³/mol. The molecule has 1 atom stereocenters. The average molecular weight is 237 g/mol. The van der Waals surface area contributed by atoms with E-state index in [1.54, 1.807) is 20.1 Å². The summed E-state index contributed by atoms with van der Waals surface area (Å²) in [6.07, 6.45) is 0. The van der Waals surface area contributed by atoms with Gasteiger partial charge in [-0.3, -0.25) is 4.79 Å². The van der Waals surface area contributed by atoms with Gasteiger partial charge in [0.2, 0.25) is 11.8 Å². The summed E-state index contributed by atoms with van der Waals surface area (Å²) in [5, 5.41) is 0.684. The zero-order chi connectivity index (χ0) is 11.7. The first-order valence-corrected chi connectivity index (χ1v) is 5.54. The van der Waals surface area contributed by atoms with Crippen LogP contribution in [-0.2, 0) is 4.79 Å². The van der Waals surface area contributed by atoms with Crippen LogP contribution in [0.1, 0.15) is 17.8 Å². The molecule has 2 heterocycles. The van der Waals surface area contributed by atoms with Crippen LogP contribution >= 0.6 is 11.3 Å². The van der Waals surface area contributed by atoms with Gasteiger partial charge >= 0.3 is 0 Å². The summed E-state index contributed by atoms with van der Waals surface area (Å²) in [4.78, 5) is 20.3. The Morgan fingerprint density at radius 3 is 2.88 bits per heavy atom. The van der Waals surface area contributed by atoms with E-state index in [2.05, 4.69) is 9.97 Å². The molecule has 2 aromatic rings. The Morgan fingerprint density at radius 1 is 1.50 bits per heavy atom. The molecule has 0 saturated heterocycles. The molecule has 0 aliphatic heterocycles. The monoisotopic (exact) mass is 237 g/mol. The molecule has 0 aliphatic carbocycles. The maximum absolute atomic E-state index is 11.0. The number of nitrogens with two attached hydrogens (primary N) is 1. The van der Waals surface area contributed by atoms with Gasteiger partial charge in [0, 0.05) is 6.07 Å². The van der Waals surface area contributed by atoms with E-state index in [0.717, 1.165) is 10.3 Å². The number of nitrogens with zero attached hydrogens (tertiary/aromatic N) is 2. The summed E-state index contributed by atoms with van der Waals surface area (Å²) in [7, 11) is 1.56. The third-order valence-corrected chi connectivity index (χ3v) is 3.40. The normalized spacial score (nSPS) is 12.6. The molecule has 0 spiro atoms. The van der Waals surface area contributed by atoms with Crippen LogP contribution in [0.3, 0.4) is 0 Å². The SMILES string of the molecule is COc1ccc2nc(C(C)C(N)=O)sc2n1. The fraction of sp³-hybridized carbons (Fsp3) is 0.300. The molecule has 0 saturated carbocycles. The Kier molecular flexibility index (Phi) is 2.74. The van der Waals surface area contributed by atoms with Gasteiger partial charge in [0.25, 0.3) is 0 Å². The molecular formula is C10H11N3O2S. The lowest BCUT2D eigenvalue weighted by molar-refractivity contribution is -0.119. The zero-order valence-electron chi connectivity index (χ0n) is 8.93. The minimum absolute atomic E-state index is 0.383. The second kappa shape index (κ2) is 4.05. The van der Waals surface area contributed by atoms with Crippen LogP contribution in [0.5, 0.6) is 5.88 Å². The van der Waals surface area contributed by atoms with Gasteiger partial charge in [-0.2, -0.15) is 0 Å². The second-order valence-electron chi connectivity index (χ2n) is 3.35. The van der Waals surface area contributed by atoms with E-state index < -0.39 is 0 Å². The number of rotatable bonds is 3. The number of primary amides is 1. The second-order valence-corrected chi connectivity index (χ2v) is 4.36. The summed E-state index contributed by atoms with van der Waals surface area (Å²) < 4.78 is 5.02. The van der Waals surface area contributed by atoms with Crippen LogP contribution in [0.25, 0.3) is 10.3 Å². The number of aromatic nitrogens is 2. The first-order valence-electron chi connectivity index (χ1n) is 4.72. The highest BCUT2D eigenvalue weighted by atomic mass is 32.1. The van der Waals surface area contributed by atoms with Gasteiger partial charge in [0.15, 0.2) is 0 Å².